The molecule has 0 aliphatic carbocycles. The Morgan fingerprint density at radius 2 is 0.857 bits per heavy atom. The van der Waals surface area contributed by atoms with Crippen LogP contribution < -0.4 is 5.32 Å². The van der Waals surface area contributed by atoms with Gasteiger partial charge in [0.1, 0.15) is 13.2 Å². The van der Waals surface area contributed by atoms with Gasteiger partial charge in [-0.3, -0.25) is 13.8 Å². The molecule has 0 heterocycles. The standard InChI is InChI=1S/C54H107N2O6P/c1-6-8-10-12-14-16-18-19-20-21-22-23-24-25-26-27-28-29-30-31-32-33-34-35-36-37-38-40-42-44-46-48-54(58)55-52(51-62-63(59,60)61-50-49-56(3,4)5)53(57)47-45-43-41-39-17-15-13-11-9-7-2/h25-26,45,47,52-53,57H,6-24,27-44,46,48-51H2,1-5H3,(H-,55,58,59,60)/p+1/b26-25-,47-45+. The average molecular weight is 912 g/mol. The highest BCUT2D eigenvalue weighted by Crippen LogP contribution is 2.43. The molecule has 0 rings (SSSR count). The highest BCUT2D eigenvalue weighted by molar-refractivity contribution is 7.47. The third-order valence-electron chi connectivity index (χ3n) is 12.4. The van der Waals surface area contributed by atoms with E-state index < -0.39 is 20.0 Å². The number of carbonyl (C=O) groups excluding carboxylic acids is 1. The molecule has 9 heteroatoms. The Hall–Kier alpha value is -1.02. The van der Waals surface area contributed by atoms with Crippen LogP contribution in [0.1, 0.15) is 264 Å². The number of allylic oxidation sites excluding steroid dienone is 3. The van der Waals surface area contributed by atoms with Crippen LogP contribution in [-0.4, -0.2) is 73.4 Å². The lowest BCUT2D eigenvalue weighted by Crippen LogP contribution is -2.45. The van der Waals surface area contributed by atoms with Gasteiger partial charge in [-0.2, -0.15) is 0 Å². The first-order valence-electron chi connectivity index (χ1n) is 27.2. The Balaban J connectivity index is 3.97. The smallest absolute Gasteiger partial charge is 0.387 e. The molecular formula is C54H108N2O6P+. The summed E-state index contributed by atoms with van der Waals surface area (Å²) in [7, 11) is 1.58. The molecule has 0 saturated carbocycles. The van der Waals surface area contributed by atoms with Crippen LogP contribution >= 0.6 is 7.82 Å². The predicted octanol–water partition coefficient (Wildman–Crippen LogP) is 16.0. The summed E-state index contributed by atoms with van der Waals surface area (Å²) in [5, 5.41) is 13.8. The topological polar surface area (TPSA) is 105 Å². The van der Waals surface area contributed by atoms with Crippen LogP contribution in [0.2, 0.25) is 0 Å². The molecule has 8 nitrogen and oxygen atoms in total. The van der Waals surface area contributed by atoms with Crippen molar-refractivity contribution in [2.75, 3.05) is 40.9 Å². The summed E-state index contributed by atoms with van der Waals surface area (Å²) in [6.45, 7) is 4.82. The van der Waals surface area contributed by atoms with E-state index in [0.29, 0.717) is 17.4 Å². The molecule has 0 aromatic heterocycles. The van der Waals surface area contributed by atoms with E-state index in [2.05, 4.69) is 31.3 Å². The Morgan fingerprint density at radius 1 is 0.524 bits per heavy atom. The second-order valence-electron chi connectivity index (χ2n) is 20.0. The van der Waals surface area contributed by atoms with Gasteiger partial charge in [0.25, 0.3) is 0 Å². The minimum absolute atomic E-state index is 0.0631. The van der Waals surface area contributed by atoms with E-state index in [-0.39, 0.29) is 19.1 Å². The number of phosphoric ester groups is 1. The second-order valence-corrected chi connectivity index (χ2v) is 21.4. The molecule has 3 N–H and O–H groups in total. The Morgan fingerprint density at radius 3 is 1.22 bits per heavy atom. The maximum Gasteiger partial charge on any atom is 0.472 e. The van der Waals surface area contributed by atoms with Gasteiger partial charge in [0, 0.05) is 6.42 Å². The molecular weight excluding hydrogens is 804 g/mol. The van der Waals surface area contributed by atoms with Gasteiger partial charge in [-0.25, -0.2) is 4.57 Å². The van der Waals surface area contributed by atoms with Gasteiger partial charge in [0.05, 0.1) is 39.9 Å². The number of carbonyl (C=O) groups is 1. The predicted molar refractivity (Wildman–Crippen MR) is 272 cm³/mol. The molecule has 0 saturated heterocycles. The first-order valence-corrected chi connectivity index (χ1v) is 28.7. The molecule has 0 radical (unpaired) electrons. The summed E-state index contributed by atoms with van der Waals surface area (Å²) in [5.41, 5.74) is 0. The number of aliphatic hydroxyl groups is 1. The molecule has 0 spiro atoms. The van der Waals surface area contributed by atoms with E-state index in [1.807, 2.05) is 27.2 Å². The van der Waals surface area contributed by atoms with Crippen molar-refractivity contribution in [1.29, 1.82) is 0 Å². The Labute approximate surface area is 392 Å². The zero-order valence-electron chi connectivity index (χ0n) is 42.6. The van der Waals surface area contributed by atoms with E-state index >= 15 is 0 Å². The lowest BCUT2D eigenvalue weighted by atomic mass is 10.0. The van der Waals surface area contributed by atoms with Crippen molar-refractivity contribution in [3.63, 3.8) is 0 Å². The van der Waals surface area contributed by atoms with Gasteiger partial charge in [0.2, 0.25) is 5.91 Å². The normalized spacial score (nSPS) is 14.2. The van der Waals surface area contributed by atoms with E-state index in [1.165, 1.54) is 205 Å². The van der Waals surface area contributed by atoms with E-state index in [4.69, 9.17) is 9.05 Å². The van der Waals surface area contributed by atoms with Crippen LogP contribution in [0, 0.1) is 0 Å². The molecule has 1 amide bonds. The van der Waals surface area contributed by atoms with Crippen LogP contribution in [0.3, 0.4) is 0 Å². The molecule has 0 bridgehead atoms. The number of hydrogen-bond donors (Lipinski definition) is 3. The molecule has 3 atom stereocenters. The summed E-state index contributed by atoms with van der Waals surface area (Å²) in [6, 6.07) is -0.842. The number of nitrogens with zero attached hydrogens (tertiary/aromatic N) is 1. The van der Waals surface area contributed by atoms with Crippen LogP contribution in [-0.2, 0) is 18.4 Å². The third-order valence-corrected chi connectivity index (χ3v) is 13.4. The summed E-state index contributed by atoms with van der Waals surface area (Å²) >= 11 is 0. The number of likely N-dealkylation sites (N-methyl/N-ethyl adjacent to an activating group) is 1. The SMILES string of the molecule is CCCCCCCCCC/C=C/C(O)C(COP(=O)(O)OCC[N+](C)(C)C)NC(=O)CCCCCCCCCCCCCCCCC/C=C\CCCCCCCCCCCCCC. The summed E-state index contributed by atoms with van der Waals surface area (Å²) < 4.78 is 23.6. The third kappa shape index (κ3) is 48.7. The largest absolute Gasteiger partial charge is 0.472 e. The first-order chi connectivity index (χ1) is 30.5. The fourth-order valence-electron chi connectivity index (χ4n) is 8.10. The quantitative estimate of drug-likeness (QED) is 0.0243. The fourth-order valence-corrected chi connectivity index (χ4v) is 8.83. The van der Waals surface area contributed by atoms with Gasteiger partial charge in [0.15, 0.2) is 0 Å². The molecule has 374 valence electrons. The highest BCUT2D eigenvalue weighted by Gasteiger charge is 2.27. The minimum Gasteiger partial charge on any atom is -0.387 e. The highest BCUT2D eigenvalue weighted by atomic mass is 31.2. The summed E-state index contributed by atoms with van der Waals surface area (Å²) in [5.74, 6) is -0.176. The molecule has 0 aliphatic rings. The number of rotatable bonds is 50. The van der Waals surface area contributed by atoms with Crippen LogP contribution in [0.4, 0.5) is 0 Å². The number of hydrogen-bond acceptors (Lipinski definition) is 5. The number of aliphatic hydroxyl groups excluding tert-OH is 1. The van der Waals surface area contributed by atoms with Crippen molar-refractivity contribution in [2.24, 2.45) is 0 Å². The first kappa shape index (κ1) is 62.0. The molecule has 0 aromatic carbocycles. The van der Waals surface area contributed by atoms with Crippen molar-refractivity contribution >= 4 is 13.7 Å². The minimum atomic E-state index is -4.33. The van der Waals surface area contributed by atoms with E-state index in [0.717, 1.165) is 38.5 Å². The fraction of sp³-hybridized carbons (Fsp3) is 0.907. The maximum atomic E-state index is 12.9. The molecule has 0 aliphatic heterocycles. The lowest BCUT2D eigenvalue weighted by molar-refractivity contribution is -0.870. The zero-order chi connectivity index (χ0) is 46.4. The number of phosphoric acid groups is 1. The Kier molecular flexibility index (Phi) is 45.4. The van der Waals surface area contributed by atoms with Gasteiger partial charge in [-0.15, -0.1) is 0 Å². The van der Waals surface area contributed by atoms with Gasteiger partial charge in [-0.05, 0) is 44.9 Å². The monoisotopic (exact) mass is 912 g/mol. The van der Waals surface area contributed by atoms with Crippen LogP contribution in [0.15, 0.2) is 24.3 Å². The summed E-state index contributed by atoms with van der Waals surface area (Å²) in [6.07, 6.45) is 57.2. The maximum absolute atomic E-state index is 12.9. The van der Waals surface area contributed by atoms with Crippen molar-refractivity contribution in [3.8, 4) is 0 Å². The number of nitrogens with one attached hydrogen (secondary N) is 1. The zero-order valence-corrected chi connectivity index (χ0v) is 43.5. The molecule has 3 unspecified atom stereocenters. The van der Waals surface area contributed by atoms with E-state index in [9.17, 15) is 19.4 Å². The number of unbranched alkanes of at least 4 members (excludes halogenated alkanes) is 35. The van der Waals surface area contributed by atoms with Crippen molar-refractivity contribution in [1.82, 2.24) is 5.32 Å². The summed E-state index contributed by atoms with van der Waals surface area (Å²) in [4.78, 5) is 23.2. The molecule has 0 fully saturated rings. The van der Waals surface area contributed by atoms with Crippen molar-refractivity contribution < 1.29 is 32.9 Å². The van der Waals surface area contributed by atoms with E-state index in [1.54, 1.807) is 6.08 Å². The van der Waals surface area contributed by atoms with Gasteiger partial charge >= 0.3 is 7.82 Å². The van der Waals surface area contributed by atoms with Crippen molar-refractivity contribution in [3.05, 3.63) is 24.3 Å². The molecule has 0 aromatic rings. The number of quaternary nitrogens is 1. The van der Waals surface area contributed by atoms with Gasteiger partial charge < -0.3 is 19.8 Å². The van der Waals surface area contributed by atoms with Gasteiger partial charge in [-0.1, -0.05) is 237 Å². The second kappa shape index (κ2) is 46.1. The lowest BCUT2D eigenvalue weighted by Gasteiger charge is -2.25. The average Bonchev–Trinajstić information content (AvgIpc) is 3.24. The molecule has 63 heavy (non-hydrogen) atoms. The Bertz CT molecular complexity index is 1080. The number of amides is 1. The van der Waals surface area contributed by atoms with Crippen molar-refractivity contribution in [2.45, 2.75) is 276 Å². The van der Waals surface area contributed by atoms with Crippen LogP contribution in [0.5, 0.6) is 0 Å². The van der Waals surface area contributed by atoms with Crippen LogP contribution in [0.25, 0.3) is 0 Å².